The second-order valence-corrected chi connectivity index (χ2v) is 5.08. The van der Waals surface area contributed by atoms with Crippen LogP contribution in [0, 0.1) is 0 Å². The molecule has 1 N–H and O–H groups in total. The fourth-order valence-electron chi connectivity index (χ4n) is 1.69. The fourth-order valence-corrected chi connectivity index (χ4v) is 1.69. The Labute approximate surface area is 91.6 Å². The predicted octanol–water partition coefficient (Wildman–Crippen LogP) is 2.90. The fraction of sp³-hybridized carbons (Fsp3) is 0.538. The van der Waals surface area contributed by atoms with Crippen LogP contribution < -0.4 is 10.1 Å². The summed E-state index contributed by atoms with van der Waals surface area (Å²) in [7, 11) is 0. The van der Waals surface area contributed by atoms with Gasteiger partial charge in [0.25, 0.3) is 0 Å². The SMILES string of the molecule is CC(C)(C)Oc1ccc([C@H]2CCN2)cc1. The lowest BCUT2D eigenvalue weighted by atomic mass is 9.98. The van der Waals surface area contributed by atoms with Crippen molar-refractivity contribution in [3.63, 3.8) is 0 Å². The smallest absolute Gasteiger partial charge is 0.120 e. The van der Waals surface area contributed by atoms with Crippen molar-refractivity contribution in [1.82, 2.24) is 5.32 Å². The summed E-state index contributed by atoms with van der Waals surface area (Å²) in [5.41, 5.74) is 1.25. The third-order valence-corrected chi connectivity index (χ3v) is 2.53. The Balaban J connectivity index is 2.03. The Kier molecular flexibility index (Phi) is 2.70. The molecule has 0 saturated carbocycles. The zero-order chi connectivity index (χ0) is 10.9. The summed E-state index contributed by atoms with van der Waals surface area (Å²) in [5.74, 6) is 0.950. The third kappa shape index (κ3) is 2.72. The average Bonchev–Trinajstić information content (AvgIpc) is 2.02. The first-order valence-electron chi connectivity index (χ1n) is 5.57. The second kappa shape index (κ2) is 3.86. The van der Waals surface area contributed by atoms with Gasteiger partial charge in [-0.2, -0.15) is 0 Å². The van der Waals surface area contributed by atoms with Crippen molar-refractivity contribution in [2.75, 3.05) is 6.54 Å². The molecule has 1 atom stereocenters. The van der Waals surface area contributed by atoms with Gasteiger partial charge in [-0.3, -0.25) is 0 Å². The number of benzene rings is 1. The highest BCUT2D eigenvalue weighted by Gasteiger charge is 2.18. The van der Waals surface area contributed by atoms with Crippen LogP contribution >= 0.6 is 0 Å². The van der Waals surface area contributed by atoms with Crippen LogP contribution in [0.25, 0.3) is 0 Å². The van der Waals surface area contributed by atoms with Crippen LogP contribution in [0.2, 0.25) is 0 Å². The van der Waals surface area contributed by atoms with Crippen molar-refractivity contribution in [2.45, 2.75) is 38.8 Å². The maximum atomic E-state index is 5.77. The van der Waals surface area contributed by atoms with E-state index in [0.29, 0.717) is 6.04 Å². The molecule has 1 fully saturated rings. The predicted molar refractivity (Wildman–Crippen MR) is 62.2 cm³/mol. The summed E-state index contributed by atoms with van der Waals surface area (Å²) >= 11 is 0. The molecule has 0 amide bonds. The minimum Gasteiger partial charge on any atom is -0.488 e. The zero-order valence-corrected chi connectivity index (χ0v) is 9.71. The lowest BCUT2D eigenvalue weighted by Crippen LogP contribution is -2.34. The monoisotopic (exact) mass is 205 g/mol. The molecular weight excluding hydrogens is 186 g/mol. The van der Waals surface area contributed by atoms with Crippen molar-refractivity contribution in [1.29, 1.82) is 0 Å². The summed E-state index contributed by atoms with van der Waals surface area (Å²) in [6, 6.07) is 8.98. The quantitative estimate of drug-likeness (QED) is 0.801. The van der Waals surface area contributed by atoms with E-state index in [4.69, 9.17) is 4.74 Å². The van der Waals surface area contributed by atoms with E-state index >= 15 is 0 Å². The standard InChI is InChI=1S/C13H19NO/c1-13(2,3)15-11-6-4-10(5-7-11)12-8-9-14-12/h4-7,12,14H,8-9H2,1-3H3/t12-/m1/s1. The van der Waals surface area contributed by atoms with Gasteiger partial charge in [0.2, 0.25) is 0 Å². The molecule has 2 nitrogen and oxygen atoms in total. The molecule has 82 valence electrons. The highest BCUT2D eigenvalue weighted by atomic mass is 16.5. The summed E-state index contributed by atoms with van der Waals surface area (Å²) in [6.45, 7) is 7.34. The molecule has 1 aliphatic heterocycles. The van der Waals surface area contributed by atoms with Crippen molar-refractivity contribution >= 4 is 0 Å². The van der Waals surface area contributed by atoms with Gasteiger partial charge in [-0.05, 0) is 51.4 Å². The Hall–Kier alpha value is -1.02. The summed E-state index contributed by atoms with van der Waals surface area (Å²) in [4.78, 5) is 0. The number of ether oxygens (including phenoxy) is 1. The Morgan fingerprint density at radius 2 is 1.80 bits per heavy atom. The number of rotatable bonds is 2. The van der Waals surface area contributed by atoms with Crippen LogP contribution in [0.4, 0.5) is 0 Å². The summed E-state index contributed by atoms with van der Waals surface area (Å²) in [5, 5.41) is 3.39. The van der Waals surface area contributed by atoms with Gasteiger partial charge < -0.3 is 10.1 Å². The molecule has 2 rings (SSSR count). The highest BCUT2D eigenvalue weighted by molar-refractivity contribution is 5.30. The Bertz CT molecular complexity index is 319. The molecule has 1 heterocycles. The first-order valence-corrected chi connectivity index (χ1v) is 5.57. The van der Waals surface area contributed by atoms with E-state index in [1.807, 2.05) is 0 Å². The summed E-state index contributed by atoms with van der Waals surface area (Å²) < 4.78 is 5.77. The van der Waals surface area contributed by atoms with Crippen molar-refractivity contribution < 1.29 is 4.74 Å². The Morgan fingerprint density at radius 1 is 1.20 bits per heavy atom. The molecule has 0 bridgehead atoms. The van der Waals surface area contributed by atoms with Crippen LogP contribution in [-0.2, 0) is 0 Å². The lowest BCUT2D eigenvalue weighted by Gasteiger charge is -2.28. The zero-order valence-electron chi connectivity index (χ0n) is 9.71. The molecule has 0 spiro atoms. The van der Waals surface area contributed by atoms with Gasteiger partial charge in [-0.25, -0.2) is 0 Å². The van der Waals surface area contributed by atoms with E-state index in [-0.39, 0.29) is 5.60 Å². The maximum absolute atomic E-state index is 5.77. The van der Waals surface area contributed by atoms with Gasteiger partial charge >= 0.3 is 0 Å². The van der Waals surface area contributed by atoms with Crippen LogP contribution in [0.3, 0.4) is 0 Å². The van der Waals surface area contributed by atoms with Gasteiger partial charge in [0, 0.05) is 6.04 Å². The molecule has 2 heteroatoms. The van der Waals surface area contributed by atoms with Crippen LogP contribution in [-0.4, -0.2) is 12.1 Å². The minimum atomic E-state index is -0.115. The van der Waals surface area contributed by atoms with Gasteiger partial charge in [-0.1, -0.05) is 12.1 Å². The molecule has 0 aliphatic carbocycles. The number of nitrogens with one attached hydrogen (secondary N) is 1. The van der Waals surface area contributed by atoms with Crippen molar-refractivity contribution in [3.05, 3.63) is 29.8 Å². The first kappa shape index (κ1) is 10.5. The van der Waals surface area contributed by atoms with Crippen molar-refractivity contribution in [2.24, 2.45) is 0 Å². The van der Waals surface area contributed by atoms with Crippen LogP contribution in [0.15, 0.2) is 24.3 Å². The molecule has 0 aromatic heterocycles. The highest BCUT2D eigenvalue weighted by Crippen LogP contribution is 2.25. The number of hydrogen-bond donors (Lipinski definition) is 1. The molecule has 0 unspecified atom stereocenters. The molecule has 1 aliphatic rings. The second-order valence-electron chi connectivity index (χ2n) is 5.08. The first-order chi connectivity index (χ1) is 7.04. The Morgan fingerprint density at radius 3 is 2.20 bits per heavy atom. The van der Waals surface area contributed by atoms with Gasteiger partial charge in [0.05, 0.1) is 0 Å². The van der Waals surface area contributed by atoms with Gasteiger partial charge in [-0.15, -0.1) is 0 Å². The lowest BCUT2D eigenvalue weighted by molar-refractivity contribution is 0.131. The largest absolute Gasteiger partial charge is 0.488 e. The van der Waals surface area contributed by atoms with Crippen LogP contribution in [0.1, 0.15) is 38.8 Å². The van der Waals surface area contributed by atoms with E-state index in [1.165, 1.54) is 12.0 Å². The van der Waals surface area contributed by atoms with E-state index in [9.17, 15) is 0 Å². The van der Waals surface area contributed by atoms with E-state index in [0.717, 1.165) is 12.3 Å². The third-order valence-electron chi connectivity index (χ3n) is 2.53. The van der Waals surface area contributed by atoms with Gasteiger partial charge in [0.15, 0.2) is 0 Å². The van der Waals surface area contributed by atoms with E-state index in [1.54, 1.807) is 0 Å². The average molecular weight is 205 g/mol. The molecule has 15 heavy (non-hydrogen) atoms. The van der Waals surface area contributed by atoms with E-state index < -0.39 is 0 Å². The molecule has 0 radical (unpaired) electrons. The van der Waals surface area contributed by atoms with E-state index in [2.05, 4.69) is 50.4 Å². The molecule has 1 aromatic carbocycles. The molecular formula is C13H19NO. The molecule has 1 aromatic rings. The normalized spacial score (nSPS) is 20.9. The number of hydrogen-bond acceptors (Lipinski definition) is 2. The minimum absolute atomic E-state index is 0.115. The van der Waals surface area contributed by atoms with Gasteiger partial charge in [0.1, 0.15) is 11.4 Å². The summed E-state index contributed by atoms with van der Waals surface area (Å²) in [6.07, 6.45) is 1.25. The van der Waals surface area contributed by atoms with Crippen LogP contribution in [0.5, 0.6) is 5.75 Å². The molecule has 1 saturated heterocycles. The maximum Gasteiger partial charge on any atom is 0.120 e. The topological polar surface area (TPSA) is 21.3 Å². The van der Waals surface area contributed by atoms with Crippen molar-refractivity contribution in [3.8, 4) is 5.75 Å².